The van der Waals surface area contributed by atoms with Crippen LogP contribution in [-0.2, 0) is 9.32 Å². The van der Waals surface area contributed by atoms with Gasteiger partial charge in [0.15, 0.2) is 0 Å². The molecule has 0 aromatic carbocycles. The summed E-state index contributed by atoms with van der Waals surface area (Å²) in [7, 11) is -1.74. The lowest BCUT2D eigenvalue weighted by atomic mass is 9.45. The highest BCUT2D eigenvalue weighted by atomic mass is 31.2. The molecule has 0 aromatic rings. The van der Waals surface area contributed by atoms with E-state index in [0.717, 1.165) is 43.9 Å². The minimum absolute atomic E-state index is 0.0169. The summed E-state index contributed by atoms with van der Waals surface area (Å²) in [4.78, 5) is 21.9. The predicted molar refractivity (Wildman–Crippen MR) is 94.9 cm³/mol. The van der Waals surface area contributed by atoms with Crippen molar-refractivity contribution in [3.05, 3.63) is 0 Å². The maximum Gasteiger partial charge on any atom is 0.250 e. The number of Topliss-reactive ketones (excluding diaryl/α,β-unsaturated/α-hetero) is 1. The van der Waals surface area contributed by atoms with Gasteiger partial charge in [0.1, 0.15) is 5.78 Å². The zero-order chi connectivity index (χ0) is 17.1. The molecule has 0 radical (unpaired) electrons. The Morgan fingerprint density at radius 3 is 2.67 bits per heavy atom. The first kappa shape index (κ1) is 17.4. The molecule has 0 aromatic heterocycles. The first-order valence-corrected chi connectivity index (χ1v) is 11.1. The minimum atomic E-state index is -1.74. The van der Waals surface area contributed by atoms with Gasteiger partial charge in [-0.2, -0.15) is 0 Å². The molecule has 136 valence electrons. The molecule has 4 rings (SSSR count). The van der Waals surface area contributed by atoms with Crippen LogP contribution in [0.4, 0.5) is 0 Å². The Bertz CT molecular complexity index is 527. The summed E-state index contributed by atoms with van der Waals surface area (Å²) in [5.74, 6) is 3.38. The van der Waals surface area contributed by atoms with E-state index in [9.17, 15) is 9.69 Å². The van der Waals surface area contributed by atoms with Gasteiger partial charge in [-0.1, -0.05) is 13.8 Å². The van der Waals surface area contributed by atoms with Gasteiger partial charge in [0.2, 0.25) is 8.53 Å². The third-order valence-corrected chi connectivity index (χ3v) is 9.10. The van der Waals surface area contributed by atoms with E-state index in [1.54, 1.807) is 0 Å². The van der Waals surface area contributed by atoms with Crippen molar-refractivity contribution in [2.45, 2.75) is 77.7 Å². The lowest BCUT2D eigenvalue weighted by molar-refractivity contribution is -0.141. The van der Waals surface area contributed by atoms with Gasteiger partial charge in [-0.3, -0.25) is 10.3 Å². The highest BCUT2D eigenvalue weighted by Gasteiger charge is 2.60. The maximum atomic E-state index is 12.5. The number of hydrogen-bond acceptors (Lipinski definition) is 4. The Hall–Kier alpha value is -0.0200. The van der Waals surface area contributed by atoms with E-state index in [1.165, 1.54) is 25.7 Å². The third-order valence-electron chi connectivity index (χ3n) is 8.58. The number of carbonyl (C=O) groups is 1. The van der Waals surface area contributed by atoms with Crippen LogP contribution in [0.3, 0.4) is 0 Å². The van der Waals surface area contributed by atoms with Crippen LogP contribution in [0.25, 0.3) is 0 Å². The monoisotopic (exact) mass is 353 g/mol. The topological polar surface area (TPSA) is 72.6 Å². The molecule has 8 unspecified atom stereocenters. The van der Waals surface area contributed by atoms with Crippen molar-refractivity contribution < 1.29 is 14.2 Å². The van der Waals surface area contributed by atoms with Crippen molar-refractivity contribution in [3.63, 3.8) is 0 Å². The lowest BCUT2D eigenvalue weighted by Crippen LogP contribution is -2.54. The van der Waals surface area contributed by atoms with Crippen molar-refractivity contribution >= 4 is 14.3 Å². The fourth-order valence-electron chi connectivity index (χ4n) is 7.24. The molecule has 0 spiro atoms. The van der Waals surface area contributed by atoms with Crippen LogP contribution >= 0.6 is 8.53 Å². The van der Waals surface area contributed by atoms with Crippen LogP contribution in [-0.4, -0.2) is 16.8 Å². The molecule has 4 aliphatic carbocycles. The van der Waals surface area contributed by atoms with Crippen LogP contribution in [0.5, 0.6) is 0 Å². The van der Waals surface area contributed by atoms with Crippen molar-refractivity contribution in [3.8, 4) is 0 Å². The molecule has 3 N–H and O–H groups in total. The average Bonchev–Trinajstić information content (AvgIpc) is 2.83. The fourth-order valence-corrected chi connectivity index (χ4v) is 7.74. The van der Waals surface area contributed by atoms with Gasteiger partial charge in [-0.15, -0.1) is 0 Å². The van der Waals surface area contributed by atoms with Gasteiger partial charge in [0, 0.05) is 11.8 Å². The van der Waals surface area contributed by atoms with Crippen LogP contribution in [0.1, 0.15) is 71.6 Å². The first-order chi connectivity index (χ1) is 11.3. The number of ketones is 1. The van der Waals surface area contributed by atoms with E-state index < -0.39 is 8.53 Å². The van der Waals surface area contributed by atoms with Crippen LogP contribution in [0.2, 0.25) is 0 Å². The fraction of sp³-hybridized carbons (Fsp3) is 0.947. The Morgan fingerprint density at radius 2 is 1.92 bits per heavy atom. The number of carbonyl (C=O) groups excluding carboxylic acids is 1. The number of rotatable bonds is 2. The van der Waals surface area contributed by atoms with Gasteiger partial charge >= 0.3 is 0 Å². The maximum absolute atomic E-state index is 12.5. The first-order valence-electron chi connectivity index (χ1n) is 9.78. The van der Waals surface area contributed by atoms with Crippen molar-refractivity contribution in [1.82, 2.24) is 0 Å². The standard InChI is InChI=1S/C19H32NO3P/c1-18-9-7-13(23-24(20)22)11-12(18)3-4-14-15-5-6-17(21)19(15,2)10-8-16(14)18/h12-16,22H,3-11,20H2,1-2H3. The van der Waals surface area contributed by atoms with E-state index in [4.69, 9.17) is 10.0 Å². The van der Waals surface area contributed by atoms with Gasteiger partial charge in [-0.25, -0.2) is 0 Å². The molecule has 0 aliphatic heterocycles. The third kappa shape index (κ3) is 2.52. The summed E-state index contributed by atoms with van der Waals surface area (Å²) < 4.78 is 5.57. The Morgan fingerprint density at radius 1 is 1.12 bits per heavy atom. The largest absolute Gasteiger partial charge is 0.338 e. The van der Waals surface area contributed by atoms with Crippen LogP contribution in [0.15, 0.2) is 0 Å². The van der Waals surface area contributed by atoms with Crippen molar-refractivity contribution in [2.75, 3.05) is 0 Å². The van der Waals surface area contributed by atoms with E-state index >= 15 is 0 Å². The summed E-state index contributed by atoms with van der Waals surface area (Å²) in [5, 5.41) is 0. The summed E-state index contributed by atoms with van der Waals surface area (Å²) in [6, 6.07) is 0. The second-order valence-corrected chi connectivity index (χ2v) is 10.2. The highest BCUT2D eigenvalue weighted by Crippen LogP contribution is 2.65. The molecule has 5 heteroatoms. The van der Waals surface area contributed by atoms with Gasteiger partial charge < -0.3 is 9.42 Å². The van der Waals surface area contributed by atoms with E-state index in [-0.39, 0.29) is 11.5 Å². The SMILES string of the molecule is CC12CCC3C(CCC4CC(OP(N)O)CCC43C)C1CCC2=O. The lowest BCUT2D eigenvalue weighted by Gasteiger charge is -2.60. The van der Waals surface area contributed by atoms with Crippen LogP contribution < -0.4 is 5.50 Å². The Balaban J connectivity index is 1.53. The molecule has 8 atom stereocenters. The molecular formula is C19H32NO3P. The van der Waals surface area contributed by atoms with E-state index in [2.05, 4.69) is 13.8 Å². The molecule has 0 bridgehead atoms. The van der Waals surface area contributed by atoms with Gasteiger partial charge in [0.25, 0.3) is 0 Å². The number of fused-ring (bicyclic) bond motifs is 5. The predicted octanol–water partition coefficient (Wildman–Crippen LogP) is 4.16. The Labute approximate surface area is 146 Å². The van der Waals surface area contributed by atoms with Gasteiger partial charge in [-0.05, 0) is 80.5 Å². The van der Waals surface area contributed by atoms with Crippen molar-refractivity contribution in [1.29, 1.82) is 0 Å². The molecular weight excluding hydrogens is 321 g/mol. The average molecular weight is 353 g/mol. The molecule has 0 heterocycles. The zero-order valence-electron chi connectivity index (χ0n) is 15.0. The number of hydrogen-bond donors (Lipinski definition) is 2. The molecule has 0 amide bonds. The number of nitrogens with two attached hydrogens (primary N) is 1. The molecule has 4 nitrogen and oxygen atoms in total. The molecule has 4 saturated carbocycles. The smallest absolute Gasteiger partial charge is 0.250 e. The van der Waals surface area contributed by atoms with E-state index in [0.29, 0.717) is 23.0 Å². The molecule has 4 aliphatic rings. The minimum Gasteiger partial charge on any atom is -0.338 e. The van der Waals surface area contributed by atoms with Crippen molar-refractivity contribution in [2.24, 2.45) is 40.0 Å². The summed E-state index contributed by atoms with van der Waals surface area (Å²) in [5.41, 5.74) is 5.86. The molecule has 24 heavy (non-hydrogen) atoms. The second-order valence-electron chi connectivity index (χ2n) is 9.38. The molecule has 4 fully saturated rings. The zero-order valence-corrected chi connectivity index (χ0v) is 15.9. The quantitative estimate of drug-likeness (QED) is 0.731. The summed E-state index contributed by atoms with van der Waals surface area (Å²) in [6.45, 7) is 4.77. The normalized spacial score (nSPS) is 52.3. The second kappa shape index (κ2) is 6.01. The van der Waals surface area contributed by atoms with Gasteiger partial charge in [0.05, 0.1) is 6.10 Å². The molecule has 0 saturated heterocycles. The highest BCUT2D eigenvalue weighted by molar-refractivity contribution is 7.43. The van der Waals surface area contributed by atoms with E-state index in [1.807, 2.05) is 0 Å². The summed E-state index contributed by atoms with van der Waals surface area (Å²) in [6.07, 6.45) is 10.2. The van der Waals surface area contributed by atoms with Crippen LogP contribution in [0, 0.1) is 34.5 Å². The summed E-state index contributed by atoms with van der Waals surface area (Å²) >= 11 is 0. The Kier molecular flexibility index (Phi) is 4.36.